The minimum absolute atomic E-state index is 0.00473. The zero-order valence-corrected chi connectivity index (χ0v) is 11.5. The Bertz CT molecular complexity index is 517. The molecule has 0 aliphatic heterocycles. The van der Waals surface area contributed by atoms with Crippen molar-refractivity contribution in [3.05, 3.63) is 28.7 Å². The number of amides is 1. The molecule has 1 aromatic carbocycles. The molecule has 1 rings (SSSR count). The van der Waals surface area contributed by atoms with Gasteiger partial charge in [0.1, 0.15) is 6.04 Å². The smallest absolute Gasteiger partial charge is 0.262 e. The fraction of sp³-hybridized carbons (Fsp3) is 0.222. The van der Waals surface area contributed by atoms with E-state index in [-0.39, 0.29) is 11.4 Å². The van der Waals surface area contributed by atoms with Crippen molar-refractivity contribution in [2.24, 2.45) is 5.73 Å². The number of carbonyl (C=O) groups excluding carboxylic acids is 1. The van der Waals surface area contributed by atoms with E-state index >= 15 is 0 Å². The minimum atomic E-state index is -3.87. The first-order valence-electron chi connectivity index (χ1n) is 4.82. The molecule has 0 heterocycles. The Morgan fingerprint density at radius 2 is 1.94 bits per heavy atom. The number of halogens is 1. The molecule has 0 saturated carbocycles. The molecule has 1 unspecified atom stereocenters. The number of carbonyl (C=O) groups is 1. The number of hydroxylamine groups is 1. The number of rotatable bonds is 5. The summed E-state index contributed by atoms with van der Waals surface area (Å²) in [6, 6.07) is 4.62. The van der Waals surface area contributed by atoms with E-state index < -0.39 is 22.0 Å². The van der Waals surface area contributed by atoms with Crippen LogP contribution in [0.2, 0.25) is 0 Å². The molecule has 0 spiro atoms. The van der Waals surface area contributed by atoms with Crippen LogP contribution in [0, 0.1) is 0 Å². The summed E-state index contributed by atoms with van der Waals surface area (Å²) in [5.41, 5.74) is 6.60. The van der Waals surface area contributed by atoms with Gasteiger partial charge in [0.05, 0.1) is 4.90 Å². The van der Waals surface area contributed by atoms with Gasteiger partial charge in [-0.05, 0) is 24.3 Å². The van der Waals surface area contributed by atoms with Gasteiger partial charge in [-0.2, -0.15) is 4.72 Å². The second kappa shape index (κ2) is 6.25. The van der Waals surface area contributed by atoms with Crippen LogP contribution in [0.3, 0.4) is 0 Å². The number of hydrogen-bond donors (Lipinski definition) is 4. The van der Waals surface area contributed by atoms with Gasteiger partial charge >= 0.3 is 0 Å². The fourth-order valence-electron chi connectivity index (χ4n) is 1.16. The topological polar surface area (TPSA) is 122 Å². The lowest BCUT2D eigenvalue weighted by molar-refractivity contribution is -0.130. The molecule has 1 amide bonds. The first-order valence-corrected chi connectivity index (χ1v) is 7.10. The molecule has 0 aliphatic rings. The molecular formula is C9H12BrN3O4S. The lowest BCUT2D eigenvalue weighted by Crippen LogP contribution is -2.49. The first-order chi connectivity index (χ1) is 8.40. The Morgan fingerprint density at radius 1 is 1.39 bits per heavy atom. The number of nitrogens with two attached hydrogens (primary N) is 1. The second-order valence-corrected chi connectivity index (χ2v) is 5.97. The summed E-state index contributed by atoms with van der Waals surface area (Å²) in [5.74, 6) is -0.918. The summed E-state index contributed by atoms with van der Waals surface area (Å²) in [5, 5.41) is 8.44. The van der Waals surface area contributed by atoms with E-state index in [0.717, 1.165) is 4.47 Å². The molecule has 0 saturated heterocycles. The summed E-state index contributed by atoms with van der Waals surface area (Å²) in [7, 11) is -3.87. The summed E-state index contributed by atoms with van der Waals surface area (Å²) in [6.45, 7) is -0.276. The van der Waals surface area contributed by atoms with Crippen molar-refractivity contribution in [2.75, 3.05) is 6.54 Å². The average molecular weight is 338 g/mol. The number of benzene rings is 1. The zero-order valence-electron chi connectivity index (χ0n) is 9.13. The molecule has 7 nitrogen and oxygen atoms in total. The molecular weight excluding hydrogens is 326 g/mol. The van der Waals surface area contributed by atoms with E-state index in [1.807, 2.05) is 0 Å². The summed E-state index contributed by atoms with van der Waals surface area (Å²) in [6.07, 6.45) is 0. The predicted octanol–water partition coefficient (Wildman–Crippen LogP) is -0.440. The van der Waals surface area contributed by atoms with Crippen LogP contribution in [0.5, 0.6) is 0 Å². The normalized spacial score (nSPS) is 13.1. The minimum Gasteiger partial charge on any atom is -0.328 e. The molecule has 0 aromatic heterocycles. The monoisotopic (exact) mass is 337 g/mol. The molecule has 0 fully saturated rings. The van der Waals surface area contributed by atoms with Crippen LogP contribution in [0.25, 0.3) is 0 Å². The van der Waals surface area contributed by atoms with Gasteiger partial charge in [-0.25, -0.2) is 13.9 Å². The van der Waals surface area contributed by atoms with Crippen molar-refractivity contribution in [1.82, 2.24) is 10.2 Å². The molecule has 18 heavy (non-hydrogen) atoms. The van der Waals surface area contributed by atoms with Crippen molar-refractivity contribution >= 4 is 31.9 Å². The molecule has 9 heteroatoms. The van der Waals surface area contributed by atoms with Gasteiger partial charge in [0.2, 0.25) is 10.0 Å². The molecule has 5 N–H and O–H groups in total. The molecule has 0 bridgehead atoms. The number of nitrogens with one attached hydrogen (secondary N) is 2. The highest BCUT2D eigenvalue weighted by Gasteiger charge is 2.24. The zero-order chi connectivity index (χ0) is 13.8. The standard InChI is InChI=1S/C9H12BrN3O4S/c10-6-1-3-7(4-2-6)18(16,17)13-8(5-11)9(14)12-15/h1-4,8,13,15H,5,11H2,(H,12,14). The average Bonchev–Trinajstić information content (AvgIpc) is 2.35. The van der Waals surface area contributed by atoms with Crippen LogP contribution in [0.15, 0.2) is 33.6 Å². The highest BCUT2D eigenvalue weighted by atomic mass is 79.9. The quantitative estimate of drug-likeness (QED) is 0.428. The molecule has 0 aliphatic carbocycles. The lowest BCUT2D eigenvalue weighted by atomic mass is 10.3. The van der Waals surface area contributed by atoms with E-state index in [4.69, 9.17) is 10.9 Å². The third kappa shape index (κ3) is 3.75. The van der Waals surface area contributed by atoms with E-state index in [0.29, 0.717) is 0 Å². The van der Waals surface area contributed by atoms with Crippen molar-refractivity contribution in [1.29, 1.82) is 0 Å². The SMILES string of the molecule is NCC(NS(=O)(=O)c1ccc(Br)cc1)C(=O)NO. The van der Waals surface area contributed by atoms with Gasteiger partial charge in [0.25, 0.3) is 5.91 Å². The summed E-state index contributed by atoms with van der Waals surface area (Å²) in [4.78, 5) is 11.1. The van der Waals surface area contributed by atoms with Gasteiger partial charge < -0.3 is 5.73 Å². The predicted molar refractivity (Wildman–Crippen MR) is 67.2 cm³/mol. The third-order valence-corrected chi connectivity index (χ3v) is 4.10. The second-order valence-electron chi connectivity index (χ2n) is 3.34. The number of sulfonamides is 1. The first kappa shape index (κ1) is 15.1. The van der Waals surface area contributed by atoms with Crippen LogP contribution < -0.4 is 15.9 Å². The van der Waals surface area contributed by atoms with Crippen LogP contribution in [-0.4, -0.2) is 32.1 Å². The Morgan fingerprint density at radius 3 is 2.39 bits per heavy atom. The maximum Gasteiger partial charge on any atom is 0.262 e. The van der Waals surface area contributed by atoms with Gasteiger partial charge in [-0.1, -0.05) is 15.9 Å². The number of hydrogen-bond acceptors (Lipinski definition) is 5. The van der Waals surface area contributed by atoms with E-state index in [9.17, 15) is 13.2 Å². The highest BCUT2D eigenvalue weighted by Crippen LogP contribution is 2.14. The van der Waals surface area contributed by atoms with E-state index in [1.165, 1.54) is 17.6 Å². The maximum atomic E-state index is 11.9. The van der Waals surface area contributed by atoms with Crippen molar-refractivity contribution in [3.63, 3.8) is 0 Å². The Balaban J connectivity index is 2.94. The van der Waals surface area contributed by atoms with Crippen LogP contribution in [-0.2, 0) is 14.8 Å². The van der Waals surface area contributed by atoms with E-state index in [1.54, 1.807) is 12.1 Å². The summed E-state index contributed by atoms with van der Waals surface area (Å²) >= 11 is 3.18. The molecule has 100 valence electrons. The Labute approximate surface area is 113 Å². The lowest BCUT2D eigenvalue weighted by Gasteiger charge is -2.14. The van der Waals surface area contributed by atoms with Gasteiger partial charge in [0.15, 0.2) is 0 Å². The van der Waals surface area contributed by atoms with Gasteiger partial charge in [0, 0.05) is 11.0 Å². The molecule has 0 radical (unpaired) electrons. The Kier molecular flexibility index (Phi) is 5.23. The van der Waals surface area contributed by atoms with Crippen LogP contribution >= 0.6 is 15.9 Å². The van der Waals surface area contributed by atoms with Gasteiger partial charge in [-0.3, -0.25) is 10.0 Å². The summed E-state index contributed by atoms with van der Waals surface area (Å²) < 4.78 is 26.6. The third-order valence-electron chi connectivity index (χ3n) is 2.08. The maximum absolute atomic E-state index is 11.9. The van der Waals surface area contributed by atoms with Gasteiger partial charge in [-0.15, -0.1) is 0 Å². The molecule has 1 aromatic rings. The highest BCUT2D eigenvalue weighted by molar-refractivity contribution is 9.10. The van der Waals surface area contributed by atoms with Crippen LogP contribution in [0.4, 0.5) is 0 Å². The van der Waals surface area contributed by atoms with Crippen molar-refractivity contribution < 1.29 is 18.4 Å². The van der Waals surface area contributed by atoms with Crippen LogP contribution in [0.1, 0.15) is 0 Å². The van der Waals surface area contributed by atoms with Crippen molar-refractivity contribution in [2.45, 2.75) is 10.9 Å². The van der Waals surface area contributed by atoms with Crippen molar-refractivity contribution in [3.8, 4) is 0 Å². The Hall–Kier alpha value is -1.00. The fourth-order valence-corrected chi connectivity index (χ4v) is 2.63. The molecule has 1 atom stereocenters. The van der Waals surface area contributed by atoms with E-state index in [2.05, 4.69) is 20.7 Å². The largest absolute Gasteiger partial charge is 0.328 e.